The molecule has 1 saturated heterocycles. The van der Waals surface area contributed by atoms with Gasteiger partial charge in [0.25, 0.3) is 11.8 Å². The maximum absolute atomic E-state index is 13.3. The molecule has 1 N–H and O–H groups in total. The normalized spacial score (nSPS) is 18.9. The van der Waals surface area contributed by atoms with Crippen molar-refractivity contribution >= 4 is 40.9 Å². The molecule has 0 aromatic heterocycles. The first-order chi connectivity index (χ1) is 15.4. The molecule has 2 aliphatic rings. The highest BCUT2D eigenvalue weighted by Gasteiger charge is 2.37. The third-order valence-electron chi connectivity index (χ3n) is 6.75. The summed E-state index contributed by atoms with van der Waals surface area (Å²) < 4.78 is 0. The van der Waals surface area contributed by atoms with Gasteiger partial charge in [-0.25, -0.2) is 9.69 Å². The quantitative estimate of drug-likeness (QED) is 0.529. The van der Waals surface area contributed by atoms with E-state index in [1.54, 1.807) is 18.2 Å². The van der Waals surface area contributed by atoms with Gasteiger partial charge in [0.2, 0.25) is 0 Å². The third-order valence-corrected chi connectivity index (χ3v) is 6.75. The number of allylic oxidation sites excluding steroid dienone is 1. The number of urea groups is 1. The van der Waals surface area contributed by atoms with Gasteiger partial charge in [-0.2, -0.15) is 0 Å². The Morgan fingerprint density at radius 3 is 2.27 bits per heavy atom. The molecule has 1 fully saturated rings. The van der Waals surface area contributed by atoms with Crippen molar-refractivity contribution in [2.75, 3.05) is 16.8 Å². The number of amides is 4. The zero-order valence-corrected chi connectivity index (χ0v) is 20.2. The monoisotopic (exact) mass is 443 g/mol. The van der Waals surface area contributed by atoms with E-state index in [4.69, 9.17) is 0 Å². The molecule has 0 saturated carbocycles. The molecule has 2 aliphatic heterocycles. The topological polar surface area (TPSA) is 69.7 Å². The number of carbonyl (C=O) groups is 3. The number of rotatable bonds is 2. The van der Waals surface area contributed by atoms with Gasteiger partial charge in [0, 0.05) is 18.3 Å². The van der Waals surface area contributed by atoms with Crippen LogP contribution in [0.25, 0.3) is 11.6 Å². The number of nitrogens with zero attached hydrogens (tertiary/aromatic N) is 2. The Morgan fingerprint density at radius 2 is 1.61 bits per heavy atom. The Balaban J connectivity index is 1.79. The predicted octanol–water partition coefficient (Wildman–Crippen LogP) is 4.91. The van der Waals surface area contributed by atoms with Crippen LogP contribution in [-0.2, 0) is 9.59 Å². The van der Waals surface area contributed by atoms with Crippen LogP contribution in [0.5, 0.6) is 0 Å². The van der Waals surface area contributed by atoms with E-state index in [9.17, 15) is 14.4 Å². The number of fused-ring (bicyclic) bond motifs is 1. The molecule has 0 bridgehead atoms. The zero-order chi connectivity index (χ0) is 24.2. The van der Waals surface area contributed by atoms with Gasteiger partial charge >= 0.3 is 6.03 Å². The van der Waals surface area contributed by atoms with Gasteiger partial charge in [-0.1, -0.05) is 12.1 Å². The van der Waals surface area contributed by atoms with Gasteiger partial charge in [-0.05, 0) is 99.7 Å². The smallest absolute Gasteiger partial charge is 0.335 e. The van der Waals surface area contributed by atoms with Crippen molar-refractivity contribution < 1.29 is 14.4 Å². The number of hydrogen-bond donors (Lipinski definition) is 1. The van der Waals surface area contributed by atoms with E-state index in [1.807, 2.05) is 32.9 Å². The van der Waals surface area contributed by atoms with E-state index in [2.05, 4.69) is 50.2 Å². The molecule has 6 heteroatoms. The zero-order valence-electron chi connectivity index (χ0n) is 20.2. The van der Waals surface area contributed by atoms with Crippen LogP contribution in [-0.4, -0.2) is 30.4 Å². The Hall–Kier alpha value is -3.67. The minimum absolute atomic E-state index is 0.0676. The van der Waals surface area contributed by atoms with Gasteiger partial charge in [0.15, 0.2) is 0 Å². The molecule has 4 rings (SSSR count). The Labute approximate surface area is 194 Å². The lowest BCUT2D eigenvalue weighted by Gasteiger charge is -2.41. The standard InChI is InChI=1S/C27H29N3O3/c1-15-8-9-20(10-16(15)2)30-25(32)22(24(31)28-26(30)33)13-19-12-21-18(4)14-27(5,6)29(7)23(21)11-17(19)3/h8-14H,1-7H3,(H,28,31,33)/b22-13-. The number of nitrogens with one attached hydrogen (secondary N) is 1. The molecule has 0 radical (unpaired) electrons. The summed E-state index contributed by atoms with van der Waals surface area (Å²) in [7, 11) is 2.06. The van der Waals surface area contributed by atoms with E-state index in [0.717, 1.165) is 44.0 Å². The fraction of sp³-hybridized carbons (Fsp3) is 0.296. The predicted molar refractivity (Wildman–Crippen MR) is 132 cm³/mol. The number of anilines is 2. The van der Waals surface area contributed by atoms with Gasteiger partial charge in [0.05, 0.1) is 11.2 Å². The summed E-state index contributed by atoms with van der Waals surface area (Å²) in [5.41, 5.74) is 7.26. The van der Waals surface area contributed by atoms with Crippen molar-refractivity contribution in [2.45, 2.75) is 47.1 Å². The van der Waals surface area contributed by atoms with Crippen LogP contribution in [0.3, 0.4) is 0 Å². The molecule has 170 valence electrons. The summed E-state index contributed by atoms with van der Waals surface area (Å²) in [5.74, 6) is -1.32. The second kappa shape index (κ2) is 7.73. The Kier molecular flexibility index (Phi) is 5.27. The molecule has 2 aromatic carbocycles. The van der Waals surface area contributed by atoms with Gasteiger partial charge in [0.1, 0.15) is 5.57 Å². The highest BCUT2D eigenvalue weighted by atomic mass is 16.2. The maximum atomic E-state index is 13.3. The van der Waals surface area contributed by atoms with Crippen LogP contribution < -0.4 is 15.1 Å². The first-order valence-electron chi connectivity index (χ1n) is 11.0. The van der Waals surface area contributed by atoms with Crippen LogP contribution >= 0.6 is 0 Å². The van der Waals surface area contributed by atoms with Crippen LogP contribution in [0.1, 0.15) is 48.6 Å². The van der Waals surface area contributed by atoms with Crippen LogP contribution in [0.15, 0.2) is 42.0 Å². The Morgan fingerprint density at radius 1 is 0.909 bits per heavy atom. The molecule has 2 aromatic rings. The summed E-state index contributed by atoms with van der Waals surface area (Å²) in [6, 6.07) is 8.69. The number of likely N-dealkylation sites (N-methyl/N-ethyl adjacent to an activating group) is 1. The summed E-state index contributed by atoms with van der Waals surface area (Å²) in [6.07, 6.45) is 3.79. The number of barbiturate groups is 1. The maximum Gasteiger partial charge on any atom is 0.335 e. The van der Waals surface area contributed by atoms with Crippen LogP contribution in [0, 0.1) is 20.8 Å². The lowest BCUT2D eigenvalue weighted by Crippen LogP contribution is -2.54. The molecular formula is C27H29N3O3. The minimum Gasteiger partial charge on any atom is -0.365 e. The summed E-state index contributed by atoms with van der Waals surface area (Å²) in [5, 5.41) is 2.31. The average Bonchev–Trinajstić information content (AvgIpc) is 2.72. The van der Waals surface area contributed by atoms with Crippen molar-refractivity contribution in [3.63, 3.8) is 0 Å². The fourth-order valence-corrected chi connectivity index (χ4v) is 4.39. The van der Waals surface area contributed by atoms with Crippen molar-refractivity contribution in [3.05, 3.63) is 69.8 Å². The fourth-order valence-electron chi connectivity index (χ4n) is 4.39. The number of carbonyl (C=O) groups excluding carboxylic acids is 3. The number of aryl methyl sites for hydroxylation is 3. The molecule has 0 unspecified atom stereocenters. The molecule has 4 amide bonds. The summed E-state index contributed by atoms with van der Waals surface area (Å²) in [4.78, 5) is 41.7. The van der Waals surface area contributed by atoms with Crippen molar-refractivity contribution in [3.8, 4) is 0 Å². The summed E-state index contributed by atoms with van der Waals surface area (Å²) >= 11 is 0. The first kappa shape index (κ1) is 22.5. The lowest BCUT2D eigenvalue weighted by molar-refractivity contribution is -0.122. The molecule has 0 spiro atoms. The van der Waals surface area contributed by atoms with Crippen molar-refractivity contribution in [2.24, 2.45) is 0 Å². The molecule has 6 nitrogen and oxygen atoms in total. The first-order valence-corrected chi connectivity index (χ1v) is 11.0. The van der Waals surface area contributed by atoms with Crippen LogP contribution in [0.4, 0.5) is 16.2 Å². The Bertz CT molecular complexity index is 1280. The second-order valence-electron chi connectivity index (χ2n) is 9.49. The highest BCUT2D eigenvalue weighted by Crippen LogP contribution is 2.39. The molecular weight excluding hydrogens is 414 g/mol. The third kappa shape index (κ3) is 3.75. The SMILES string of the molecule is CC1=CC(C)(C)N(C)c2cc(C)c(/C=C3/C(=O)NC(=O)N(c4ccc(C)c(C)c4)C3=O)cc21. The highest BCUT2D eigenvalue weighted by molar-refractivity contribution is 6.39. The minimum atomic E-state index is -0.741. The largest absolute Gasteiger partial charge is 0.365 e. The molecule has 0 aliphatic carbocycles. The number of imide groups is 2. The molecule has 33 heavy (non-hydrogen) atoms. The second-order valence-corrected chi connectivity index (χ2v) is 9.49. The van der Waals surface area contributed by atoms with E-state index >= 15 is 0 Å². The lowest BCUT2D eigenvalue weighted by atomic mass is 9.87. The molecule has 0 atom stereocenters. The van der Waals surface area contributed by atoms with E-state index in [0.29, 0.717) is 5.69 Å². The van der Waals surface area contributed by atoms with Gasteiger partial charge in [-0.3, -0.25) is 14.9 Å². The van der Waals surface area contributed by atoms with E-state index < -0.39 is 17.8 Å². The van der Waals surface area contributed by atoms with Crippen LogP contribution in [0.2, 0.25) is 0 Å². The van der Waals surface area contributed by atoms with E-state index in [1.165, 1.54) is 0 Å². The van der Waals surface area contributed by atoms with Gasteiger partial charge < -0.3 is 4.90 Å². The number of benzene rings is 2. The number of hydrogen-bond acceptors (Lipinski definition) is 4. The van der Waals surface area contributed by atoms with Gasteiger partial charge in [-0.15, -0.1) is 0 Å². The molecule has 2 heterocycles. The summed E-state index contributed by atoms with van der Waals surface area (Å²) in [6.45, 7) is 12.2. The van der Waals surface area contributed by atoms with Crippen molar-refractivity contribution in [1.82, 2.24) is 5.32 Å². The van der Waals surface area contributed by atoms with Crippen molar-refractivity contribution in [1.29, 1.82) is 0 Å². The average molecular weight is 444 g/mol. The van der Waals surface area contributed by atoms with E-state index in [-0.39, 0.29) is 11.1 Å².